The number of hydrogen-bond donors (Lipinski definition) is 0. The van der Waals surface area contributed by atoms with Crippen molar-refractivity contribution in [2.45, 2.75) is 6.92 Å². The first-order chi connectivity index (χ1) is 5.27. The maximum Gasteiger partial charge on any atom is 0.192 e. The van der Waals surface area contributed by atoms with Gasteiger partial charge in [0.2, 0.25) is 0 Å². The molecule has 0 heterocycles. The van der Waals surface area contributed by atoms with Crippen molar-refractivity contribution in [3.05, 3.63) is 23.8 Å². The minimum Gasteiger partial charge on any atom is -0.496 e. The summed E-state index contributed by atoms with van der Waals surface area (Å²) in [6.45, 7) is 1.98. The van der Waals surface area contributed by atoms with Gasteiger partial charge in [0.25, 0.3) is 0 Å². The molecule has 0 saturated heterocycles. The molecule has 1 aromatic rings. The van der Waals surface area contributed by atoms with Crippen LogP contribution in [0.2, 0.25) is 0 Å². The molecular formula is C8H9IO2. The van der Waals surface area contributed by atoms with E-state index in [2.05, 4.69) is 0 Å². The lowest BCUT2D eigenvalue weighted by atomic mass is 10.2. The summed E-state index contributed by atoms with van der Waals surface area (Å²) in [7, 11) is 1.66. The van der Waals surface area contributed by atoms with Crippen LogP contribution >= 0.6 is 23.0 Å². The van der Waals surface area contributed by atoms with Crippen LogP contribution in [0.5, 0.6) is 11.5 Å². The normalized spacial score (nSPS) is 9.36. The molecule has 0 aliphatic heterocycles. The lowest BCUT2D eigenvalue weighted by Crippen LogP contribution is -1.86. The van der Waals surface area contributed by atoms with Gasteiger partial charge in [-0.1, -0.05) is 0 Å². The standard InChI is InChI=1S/C8H9IO2/c1-6-5-7(11-9)3-4-8(6)10-2/h3-5H,1-2H3. The molecule has 0 aromatic heterocycles. The van der Waals surface area contributed by atoms with E-state index in [-0.39, 0.29) is 0 Å². The summed E-state index contributed by atoms with van der Waals surface area (Å²) in [5.74, 6) is 1.74. The van der Waals surface area contributed by atoms with Crippen molar-refractivity contribution in [2.24, 2.45) is 0 Å². The zero-order chi connectivity index (χ0) is 8.27. The Hall–Kier alpha value is -0.450. The van der Waals surface area contributed by atoms with Gasteiger partial charge in [-0.05, 0) is 30.7 Å². The van der Waals surface area contributed by atoms with Crippen LogP contribution in [0.4, 0.5) is 0 Å². The van der Waals surface area contributed by atoms with Gasteiger partial charge in [0, 0.05) is 0 Å². The minimum atomic E-state index is 0.851. The monoisotopic (exact) mass is 264 g/mol. The van der Waals surface area contributed by atoms with Gasteiger partial charge < -0.3 is 7.80 Å². The Kier molecular flexibility index (Phi) is 2.99. The lowest BCUT2D eigenvalue weighted by molar-refractivity contribution is 0.411. The Morgan fingerprint density at radius 1 is 1.36 bits per heavy atom. The average molecular weight is 264 g/mol. The van der Waals surface area contributed by atoms with Crippen LogP contribution in [-0.2, 0) is 0 Å². The molecule has 0 saturated carbocycles. The topological polar surface area (TPSA) is 18.5 Å². The number of rotatable bonds is 2. The quantitative estimate of drug-likeness (QED) is 0.764. The maximum atomic E-state index is 5.09. The summed E-state index contributed by atoms with van der Waals surface area (Å²) in [4.78, 5) is 0. The Labute approximate surface area is 80.2 Å². The van der Waals surface area contributed by atoms with Gasteiger partial charge in [0.15, 0.2) is 23.0 Å². The van der Waals surface area contributed by atoms with Crippen molar-refractivity contribution >= 4 is 23.0 Å². The van der Waals surface area contributed by atoms with Crippen LogP contribution in [0.1, 0.15) is 5.56 Å². The van der Waals surface area contributed by atoms with Gasteiger partial charge in [-0.3, -0.25) is 0 Å². The summed E-state index contributed by atoms with van der Waals surface area (Å²) in [6.07, 6.45) is 0. The van der Waals surface area contributed by atoms with Gasteiger partial charge in [-0.25, -0.2) is 0 Å². The molecule has 0 N–H and O–H groups in total. The fourth-order valence-electron chi connectivity index (χ4n) is 0.899. The first kappa shape index (κ1) is 8.64. The summed E-state index contributed by atoms with van der Waals surface area (Å²) in [5, 5.41) is 0. The minimum absolute atomic E-state index is 0.851. The second-order valence-electron chi connectivity index (χ2n) is 2.21. The molecule has 1 rings (SSSR count). The zero-order valence-corrected chi connectivity index (χ0v) is 8.58. The van der Waals surface area contributed by atoms with Crippen molar-refractivity contribution in [1.29, 1.82) is 0 Å². The molecule has 3 heteroatoms. The third-order valence-electron chi connectivity index (χ3n) is 1.46. The van der Waals surface area contributed by atoms with Crippen molar-refractivity contribution in [3.63, 3.8) is 0 Å². The number of ether oxygens (including phenoxy) is 1. The summed E-state index contributed by atoms with van der Waals surface area (Å²) in [6, 6.07) is 5.70. The summed E-state index contributed by atoms with van der Waals surface area (Å²) < 4.78 is 10.1. The second kappa shape index (κ2) is 3.80. The van der Waals surface area contributed by atoms with Crippen LogP contribution < -0.4 is 7.80 Å². The molecule has 0 bridgehead atoms. The van der Waals surface area contributed by atoms with E-state index in [9.17, 15) is 0 Å². The van der Waals surface area contributed by atoms with Crippen LogP contribution in [-0.4, -0.2) is 7.11 Å². The number of aryl methyl sites for hydroxylation is 1. The highest BCUT2D eigenvalue weighted by molar-refractivity contribution is 14.1. The molecule has 0 unspecified atom stereocenters. The Morgan fingerprint density at radius 2 is 2.09 bits per heavy atom. The smallest absolute Gasteiger partial charge is 0.192 e. The summed E-state index contributed by atoms with van der Waals surface area (Å²) in [5.41, 5.74) is 1.08. The van der Waals surface area contributed by atoms with E-state index in [0.29, 0.717) is 0 Å². The molecule has 0 aliphatic carbocycles. The molecule has 0 atom stereocenters. The predicted octanol–water partition coefficient (Wildman–Crippen LogP) is 2.73. The van der Waals surface area contributed by atoms with E-state index in [4.69, 9.17) is 7.80 Å². The highest BCUT2D eigenvalue weighted by Gasteiger charge is 1.98. The van der Waals surface area contributed by atoms with E-state index in [1.165, 1.54) is 0 Å². The maximum absolute atomic E-state index is 5.09. The van der Waals surface area contributed by atoms with Crippen molar-refractivity contribution < 1.29 is 7.80 Å². The molecule has 2 nitrogen and oxygen atoms in total. The lowest BCUT2D eigenvalue weighted by Gasteiger charge is -2.04. The van der Waals surface area contributed by atoms with E-state index in [0.717, 1.165) is 17.1 Å². The molecule has 1 aromatic carbocycles. The molecule has 0 spiro atoms. The van der Waals surface area contributed by atoms with E-state index in [1.807, 2.05) is 48.1 Å². The first-order valence-electron chi connectivity index (χ1n) is 3.21. The largest absolute Gasteiger partial charge is 0.496 e. The molecule has 0 aliphatic rings. The third-order valence-corrected chi connectivity index (χ3v) is 1.96. The first-order valence-corrected chi connectivity index (χ1v) is 4.09. The second-order valence-corrected chi connectivity index (χ2v) is 2.65. The van der Waals surface area contributed by atoms with Gasteiger partial charge in [-0.2, -0.15) is 0 Å². The molecular weight excluding hydrogens is 255 g/mol. The average Bonchev–Trinajstić information content (AvgIpc) is 2.04. The zero-order valence-electron chi connectivity index (χ0n) is 6.43. The highest BCUT2D eigenvalue weighted by atomic mass is 127. The number of hydrogen-bond acceptors (Lipinski definition) is 2. The van der Waals surface area contributed by atoms with Gasteiger partial charge in [0.05, 0.1) is 7.11 Å². The van der Waals surface area contributed by atoms with Gasteiger partial charge in [0.1, 0.15) is 11.5 Å². The van der Waals surface area contributed by atoms with Crippen LogP contribution in [0.25, 0.3) is 0 Å². The molecule has 60 valence electrons. The predicted molar refractivity (Wildman–Crippen MR) is 52.4 cm³/mol. The fraction of sp³-hybridized carbons (Fsp3) is 0.250. The van der Waals surface area contributed by atoms with E-state index < -0.39 is 0 Å². The van der Waals surface area contributed by atoms with E-state index in [1.54, 1.807) is 7.11 Å². The van der Waals surface area contributed by atoms with Gasteiger partial charge >= 0.3 is 0 Å². The Morgan fingerprint density at radius 3 is 2.55 bits per heavy atom. The van der Waals surface area contributed by atoms with Crippen molar-refractivity contribution in [3.8, 4) is 11.5 Å². The van der Waals surface area contributed by atoms with E-state index >= 15 is 0 Å². The van der Waals surface area contributed by atoms with Crippen LogP contribution in [0.3, 0.4) is 0 Å². The number of methoxy groups -OCH3 is 1. The molecule has 0 fully saturated rings. The number of benzene rings is 1. The molecule has 0 radical (unpaired) electrons. The Bertz CT molecular complexity index is 248. The van der Waals surface area contributed by atoms with Crippen molar-refractivity contribution in [1.82, 2.24) is 0 Å². The van der Waals surface area contributed by atoms with Crippen LogP contribution in [0, 0.1) is 6.92 Å². The van der Waals surface area contributed by atoms with Crippen molar-refractivity contribution in [2.75, 3.05) is 7.11 Å². The fourth-order valence-corrected chi connectivity index (χ4v) is 1.17. The van der Waals surface area contributed by atoms with Gasteiger partial charge in [-0.15, -0.1) is 0 Å². The highest BCUT2D eigenvalue weighted by Crippen LogP contribution is 2.23. The Balaban J connectivity index is 2.99. The summed E-state index contributed by atoms with van der Waals surface area (Å²) >= 11 is 1.85. The molecule has 11 heavy (non-hydrogen) atoms. The SMILES string of the molecule is COc1ccc(OI)cc1C. The molecule has 0 amide bonds. The number of halogens is 1. The third kappa shape index (κ3) is 1.99. The van der Waals surface area contributed by atoms with Crippen LogP contribution in [0.15, 0.2) is 18.2 Å².